The highest BCUT2D eigenvalue weighted by molar-refractivity contribution is 6.31. The Morgan fingerprint density at radius 2 is 1.44 bits per heavy atom. The number of aryl methyl sites for hydroxylation is 1. The van der Waals surface area contributed by atoms with E-state index in [1.165, 1.54) is 0 Å². The van der Waals surface area contributed by atoms with E-state index in [0.717, 1.165) is 39.1 Å². The number of hydrogen-bond donors (Lipinski definition) is 1. The summed E-state index contributed by atoms with van der Waals surface area (Å²) in [5.74, 6) is -3.63. The lowest BCUT2D eigenvalue weighted by Gasteiger charge is -2.45. The first-order valence-corrected chi connectivity index (χ1v) is 14.5. The molecule has 3 aromatic rings. The number of hydrogen-bond acceptors (Lipinski definition) is 5. The van der Waals surface area contributed by atoms with Crippen LogP contribution < -0.4 is 5.32 Å². The summed E-state index contributed by atoms with van der Waals surface area (Å²) in [5.41, 5.74) is 5.61. The highest BCUT2D eigenvalue weighted by Crippen LogP contribution is 2.61. The van der Waals surface area contributed by atoms with Gasteiger partial charge in [0.25, 0.3) is 5.91 Å². The van der Waals surface area contributed by atoms with Gasteiger partial charge in [0.1, 0.15) is 6.04 Å². The number of unbranched alkanes of at least 4 members (excludes halogenated alkanes) is 1. The molecule has 1 saturated heterocycles. The van der Waals surface area contributed by atoms with Gasteiger partial charge in [0, 0.05) is 22.5 Å². The Morgan fingerprint density at radius 1 is 0.902 bits per heavy atom. The van der Waals surface area contributed by atoms with Crippen molar-refractivity contribution in [3.63, 3.8) is 0 Å². The van der Waals surface area contributed by atoms with Gasteiger partial charge in [-0.3, -0.25) is 19.3 Å². The second kappa shape index (κ2) is 10.8. The molecule has 3 amide bonds. The largest absolute Gasteiger partial charge is 0.454 e. The number of halogens is 1. The lowest BCUT2D eigenvalue weighted by Crippen LogP contribution is -2.47. The van der Waals surface area contributed by atoms with Crippen LogP contribution in [0.3, 0.4) is 0 Å². The zero-order chi connectivity index (χ0) is 28.8. The fourth-order valence-corrected chi connectivity index (χ4v) is 7.08. The Kier molecular flexibility index (Phi) is 7.16. The molecule has 210 valence electrons. The van der Waals surface area contributed by atoms with Gasteiger partial charge in [0.05, 0.1) is 11.8 Å². The van der Waals surface area contributed by atoms with Crippen LogP contribution in [0.15, 0.2) is 66.7 Å². The fraction of sp³-hybridized carbons (Fsp3) is 0.333. The predicted molar refractivity (Wildman–Crippen MR) is 154 cm³/mol. The number of carbonyl (C=O) groups is 4. The van der Waals surface area contributed by atoms with Gasteiger partial charge in [0.15, 0.2) is 6.61 Å². The molecule has 0 radical (unpaired) electrons. The van der Waals surface area contributed by atoms with Crippen LogP contribution in [-0.2, 0) is 23.9 Å². The van der Waals surface area contributed by atoms with Gasteiger partial charge in [-0.25, -0.2) is 4.79 Å². The van der Waals surface area contributed by atoms with Crippen molar-refractivity contribution in [2.75, 3.05) is 11.9 Å². The molecule has 8 heteroatoms. The SMILES string of the molecule is CCCC[C@H](C(=O)OCC(=O)Nc1cc(Cl)ccc1C)N1C(=O)[C@H]2C3c4ccccc4C(c4ccccc43)[C@@H]2C1=O. The first-order chi connectivity index (χ1) is 19.8. The molecule has 7 rings (SSSR count). The molecule has 1 fully saturated rings. The van der Waals surface area contributed by atoms with E-state index in [0.29, 0.717) is 17.1 Å². The number of benzene rings is 3. The lowest BCUT2D eigenvalue weighted by atomic mass is 9.55. The Hall–Kier alpha value is -3.97. The second-order valence-corrected chi connectivity index (χ2v) is 11.5. The molecule has 0 spiro atoms. The van der Waals surface area contributed by atoms with Gasteiger partial charge in [-0.2, -0.15) is 0 Å². The Bertz CT molecular complexity index is 1450. The summed E-state index contributed by atoms with van der Waals surface area (Å²) in [6, 6.07) is 20.1. The van der Waals surface area contributed by atoms with Gasteiger partial charge in [0.2, 0.25) is 11.8 Å². The number of nitrogens with zero attached hydrogens (tertiary/aromatic N) is 1. The van der Waals surface area contributed by atoms with Crippen LogP contribution in [0.1, 0.15) is 65.8 Å². The van der Waals surface area contributed by atoms with Crippen LogP contribution in [0, 0.1) is 18.8 Å². The maximum absolute atomic E-state index is 14.1. The van der Waals surface area contributed by atoms with Crippen molar-refractivity contribution in [3.8, 4) is 0 Å². The van der Waals surface area contributed by atoms with Crippen molar-refractivity contribution >= 4 is 41.0 Å². The zero-order valence-electron chi connectivity index (χ0n) is 22.9. The summed E-state index contributed by atoms with van der Waals surface area (Å²) >= 11 is 6.05. The first-order valence-electron chi connectivity index (χ1n) is 14.1. The topological polar surface area (TPSA) is 92.8 Å². The first kappa shape index (κ1) is 27.2. The van der Waals surface area contributed by atoms with Gasteiger partial charge in [-0.05, 0) is 53.3 Å². The Balaban J connectivity index is 1.26. The average Bonchev–Trinajstić information content (AvgIpc) is 3.24. The van der Waals surface area contributed by atoms with E-state index in [-0.39, 0.29) is 30.1 Å². The number of imide groups is 1. The summed E-state index contributed by atoms with van der Waals surface area (Å²) in [4.78, 5) is 55.5. The number of rotatable bonds is 8. The third-order valence-electron chi connectivity index (χ3n) is 8.72. The van der Waals surface area contributed by atoms with Gasteiger partial charge in [-0.15, -0.1) is 0 Å². The van der Waals surface area contributed by atoms with Gasteiger partial charge in [-0.1, -0.05) is 86.0 Å². The van der Waals surface area contributed by atoms with Crippen LogP contribution in [0.5, 0.6) is 0 Å². The molecule has 3 atom stereocenters. The molecule has 3 aromatic carbocycles. The van der Waals surface area contributed by atoms with E-state index in [2.05, 4.69) is 5.32 Å². The molecule has 41 heavy (non-hydrogen) atoms. The smallest absolute Gasteiger partial charge is 0.329 e. The number of amides is 3. The summed E-state index contributed by atoms with van der Waals surface area (Å²) in [7, 11) is 0. The minimum Gasteiger partial charge on any atom is -0.454 e. The average molecular weight is 571 g/mol. The maximum atomic E-state index is 14.1. The van der Waals surface area contributed by atoms with Gasteiger partial charge < -0.3 is 10.1 Å². The van der Waals surface area contributed by atoms with E-state index in [1.807, 2.05) is 62.4 Å². The van der Waals surface area contributed by atoms with E-state index in [4.69, 9.17) is 16.3 Å². The summed E-state index contributed by atoms with van der Waals surface area (Å²) in [6.45, 7) is 3.26. The van der Waals surface area contributed by atoms with Crippen molar-refractivity contribution < 1.29 is 23.9 Å². The van der Waals surface area contributed by atoms with Crippen LogP contribution in [-0.4, -0.2) is 41.2 Å². The second-order valence-electron chi connectivity index (χ2n) is 11.1. The van der Waals surface area contributed by atoms with Crippen molar-refractivity contribution in [1.82, 2.24) is 4.90 Å². The van der Waals surface area contributed by atoms with Crippen LogP contribution in [0.25, 0.3) is 0 Å². The van der Waals surface area contributed by atoms with Crippen molar-refractivity contribution in [3.05, 3.63) is 99.6 Å². The molecule has 1 heterocycles. The van der Waals surface area contributed by atoms with Crippen LogP contribution in [0.2, 0.25) is 5.02 Å². The number of anilines is 1. The molecule has 3 aliphatic carbocycles. The highest BCUT2D eigenvalue weighted by Gasteiger charge is 2.63. The standard InChI is InChI=1S/C33H31ClN2O5/c1-3-4-13-25(33(40)41-17-26(37)35-24-16-19(34)15-14-18(24)2)36-31(38)29-27-20-9-5-6-10-21(20)28(30(29)32(36)39)23-12-8-7-11-22(23)27/h5-12,14-16,25,27-30H,3-4,13,17H2,1-2H3,(H,35,37)/t25-,27?,28?,29+,30+/m1/s1. The normalized spacial score (nSPS) is 22.6. The summed E-state index contributed by atoms with van der Waals surface area (Å²) < 4.78 is 5.43. The summed E-state index contributed by atoms with van der Waals surface area (Å²) in [5, 5.41) is 3.17. The van der Waals surface area contributed by atoms with Crippen molar-refractivity contribution in [1.29, 1.82) is 0 Å². The number of likely N-dealkylation sites (tertiary alicyclic amines) is 1. The van der Waals surface area contributed by atoms with Crippen LogP contribution >= 0.6 is 11.6 Å². The van der Waals surface area contributed by atoms with E-state index >= 15 is 0 Å². The molecular weight excluding hydrogens is 540 g/mol. The number of nitrogens with one attached hydrogen (secondary N) is 1. The molecule has 1 N–H and O–H groups in total. The minimum atomic E-state index is -1.09. The zero-order valence-corrected chi connectivity index (χ0v) is 23.7. The Labute approximate surface area is 243 Å². The van der Waals surface area contributed by atoms with E-state index in [1.54, 1.807) is 18.2 Å². The molecule has 1 aliphatic heterocycles. The monoisotopic (exact) mass is 570 g/mol. The molecule has 7 nitrogen and oxygen atoms in total. The molecule has 0 unspecified atom stereocenters. The molecule has 2 bridgehead atoms. The predicted octanol–water partition coefficient (Wildman–Crippen LogP) is 5.58. The Morgan fingerprint density at radius 3 is 1.95 bits per heavy atom. The molecular formula is C33H31ClN2O5. The number of esters is 1. The summed E-state index contributed by atoms with van der Waals surface area (Å²) in [6.07, 6.45) is 1.66. The third kappa shape index (κ3) is 4.52. The van der Waals surface area contributed by atoms with Crippen molar-refractivity contribution in [2.45, 2.75) is 51.0 Å². The van der Waals surface area contributed by atoms with E-state index in [9.17, 15) is 19.2 Å². The lowest BCUT2D eigenvalue weighted by molar-refractivity contribution is -0.160. The van der Waals surface area contributed by atoms with Gasteiger partial charge >= 0.3 is 5.97 Å². The van der Waals surface area contributed by atoms with Crippen LogP contribution in [0.4, 0.5) is 5.69 Å². The van der Waals surface area contributed by atoms with E-state index < -0.39 is 36.4 Å². The molecule has 0 aromatic heterocycles. The quantitative estimate of drug-likeness (QED) is 0.282. The number of ether oxygens (including phenoxy) is 1. The number of carbonyl (C=O) groups excluding carboxylic acids is 4. The fourth-order valence-electron chi connectivity index (χ4n) is 6.91. The molecule has 0 saturated carbocycles. The highest BCUT2D eigenvalue weighted by atomic mass is 35.5. The maximum Gasteiger partial charge on any atom is 0.329 e. The molecule has 4 aliphatic rings. The third-order valence-corrected chi connectivity index (χ3v) is 8.95. The van der Waals surface area contributed by atoms with Crippen molar-refractivity contribution in [2.24, 2.45) is 11.8 Å². The minimum absolute atomic E-state index is 0.256.